The molecule has 2 saturated heterocycles. The molecule has 174 valence electrons. The van der Waals surface area contributed by atoms with Gasteiger partial charge in [-0.25, -0.2) is 13.8 Å². The first-order chi connectivity index (χ1) is 15.9. The number of nitrogens with one attached hydrogen (secondary N) is 1. The highest BCUT2D eigenvalue weighted by molar-refractivity contribution is 5.93. The lowest BCUT2D eigenvalue weighted by Crippen LogP contribution is -2.44. The van der Waals surface area contributed by atoms with Crippen LogP contribution < -0.4 is 15.0 Å². The summed E-state index contributed by atoms with van der Waals surface area (Å²) in [5, 5.41) is 12.8. The number of rotatable bonds is 6. The monoisotopic (exact) mass is 455 g/mol. The highest BCUT2D eigenvalue weighted by atomic mass is 19.3. The van der Waals surface area contributed by atoms with Gasteiger partial charge in [-0.3, -0.25) is 0 Å². The first kappa shape index (κ1) is 21.8. The maximum absolute atomic E-state index is 13.2. The fraction of sp³-hybridized carbons (Fsp3) is 0.458. The van der Waals surface area contributed by atoms with Crippen LogP contribution in [0.25, 0.3) is 10.9 Å². The van der Waals surface area contributed by atoms with Crippen LogP contribution in [0.15, 0.2) is 30.3 Å². The molecule has 0 bridgehead atoms. The minimum atomic E-state index is -2.51. The van der Waals surface area contributed by atoms with Crippen LogP contribution in [0, 0.1) is 12.3 Å². The van der Waals surface area contributed by atoms with Gasteiger partial charge in [-0.1, -0.05) is 18.2 Å². The average molecular weight is 456 g/mol. The normalized spacial score (nSPS) is 18.1. The second-order valence-electron chi connectivity index (χ2n) is 9.05. The molecule has 33 heavy (non-hydrogen) atoms. The molecule has 1 atom stereocenters. The van der Waals surface area contributed by atoms with Crippen LogP contribution in [0.1, 0.15) is 42.6 Å². The molecule has 4 heterocycles. The number of pyridine rings is 1. The maximum Gasteiger partial charge on any atom is 0.263 e. The number of hydrogen-bond acceptors (Lipinski definition) is 7. The van der Waals surface area contributed by atoms with Crippen LogP contribution in [0.5, 0.6) is 5.88 Å². The summed E-state index contributed by atoms with van der Waals surface area (Å²) in [4.78, 5) is 7.07. The Bertz CT molecular complexity index is 1180. The first-order valence-corrected chi connectivity index (χ1v) is 11.1. The van der Waals surface area contributed by atoms with Crippen molar-refractivity contribution in [1.29, 1.82) is 0 Å². The molecule has 0 unspecified atom stereocenters. The maximum atomic E-state index is 13.2. The second kappa shape index (κ2) is 8.37. The van der Waals surface area contributed by atoms with Crippen molar-refractivity contribution in [1.82, 2.24) is 15.2 Å². The van der Waals surface area contributed by atoms with E-state index in [-0.39, 0.29) is 17.0 Å². The Morgan fingerprint density at radius 2 is 1.97 bits per heavy atom. The van der Waals surface area contributed by atoms with Crippen molar-refractivity contribution < 1.29 is 18.3 Å². The van der Waals surface area contributed by atoms with Crippen LogP contribution in [-0.4, -0.2) is 48.6 Å². The van der Waals surface area contributed by atoms with E-state index < -0.39 is 6.43 Å². The lowest BCUT2D eigenvalue weighted by atomic mass is 9.85. The van der Waals surface area contributed by atoms with Gasteiger partial charge in [0.15, 0.2) is 5.82 Å². The van der Waals surface area contributed by atoms with Gasteiger partial charge < -0.3 is 19.7 Å². The summed E-state index contributed by atoms with van der Waals surface area (Å²) < 4.78 is 37.4. The molecule has 0 aliphatic carbocycles. The van der Waals surface area contributed by atoms with Crippen molar-refractivity contribution in [3.8, 4) is 5.88 Å². The summed E-state index contributed by atoms with van der Waals surface area (Å²) in [6, 6.07) is 8.21. The first-order valence-electron chi connectivity index (χ1n) is 11.1. The van der Waals surface area contributed by atoms with Gasteiger partial charge in [0, 0.05) is 29.5 Å². The Balaban J connectivity index is 1.51. The van der Waals surface area contributed by atoms with Gasteiger partial charge in [-0.05, 0) is 38.0 Å². The molecule has 2 aromatic heterocycles. The molecule has 5 rings (SSSR count). The molecule has 2 aliphatic heterocycles. The highest BCUT2D eigenvalue weighted by Gasteiger charge is 2.45. The van der Waals surface area contributed by atoms with Gasteiger partial charge in [0.25, 0.3) is 6.43 Å². The standard InChI is InChI=1S/C24H27F2N5O2/c1-14(16-5-4-6-17(9-16)21(25)26)27-22-18-10-19(31-8-7-24(11-31)12-33-13-24)23(32-3)28-20(18)15(2)29-30-22/h4-6,9-10,14,21H,7-8,11-13H2,1-3H3,(H,27,30)/t14-/m1/s1. The predicted octanol–water partition coefficient (Wildman–Crippen LogP) is 4.68. The SMILES string of the molecule is COc1nc2c(C)nnc(N[C@H](C)c3cccc(C(F)F)c3)c2cc1N1CCC2(COC2)C1. The van der Waals surface area contributed by atoms with Crippen molar-refractivity contribution in [2.75, 3.05) is 43.6 Å². The third-order valence-electron chi connectivity index (χ3n) is 6.67. The van der Waals surface area contributed by atoms with Gasteiger partial charge >= 0.3 is 0 Å². The zero-order chi connectivity index (χ0) is 23.2. The Labute approximate surface area is 191 Å². The molecule has 1 aromatic carbocycles. The predicted molar refractivity (Wildman–Crippen MR) is 122 cm³/mol. The minimum absolute atomic E-state index is 0.00220. The molecule has 0 saturated carbocycles. The topological polar surface area (TPSA) is 72.4 Å². The van der Waals surface area contributed by atoms with Gasteiger partial charge in [0.05, 0.1) is 32.1 Å². The number of anilines is 2. The summed E-state index contributed by atoms with van der Waals surface area (Å²) in [6.45, 7) is 7.16. The van der Waals surface area contributed by atoms with E-state index in [1.807, 2.05) is 26.0 Å². The number of benzene rings is 1. The van der Waals surface area contributed by atoms with Crippen molar-refractivity contribution in [3.05, 3.63) is 47.2 Å². The molecular weight excluding hydrogens is 428 g/mol. The van der Waals surface area contributed by atoms with Crippen LogP contribution in [0.3, 0.4) is 0 Å². The molecule has 7 nitrogen and oxygen atoms in total. The van der Waals surface area contributed by atoms with Crippen molar-refractivity contribution in [2.24, 2.45) is 5.41 Å². The van der Waals surface area contributed by atoms with E-state index in [0.29, 0.717) is 22.9 Å². The second-order valence-corrected chi connectivity index (χ2v) is 9.05. The Morgan fingerprint density at radius 3 is 2.64 bits per heavy atom. The Morgan fingerprint density at radius 1 is 1.18 bits per heavy atom. The lowest BCUT2D eigenvalue weighted by Gasteiger charge is -2.37. The van der Waals surface area contributed by atoms with E-state index >= 15 is 0 Å². The Kier molecular flexibility index (Phi) is 5.52. The zero-order valence-corrected chi connectivity index (χ0v) is 18.9. The molecule has 3 aromatic rings. The number of nitrogens with zero attached hydrogens (tertiary/aromatic N) is 4. The molecule has 0 amide bonds. The number of halogens is 2. The van der Waals surface area contributed by atoms with Gasteiger partial charge in [0.1, 0.15) is 11.2 Å². The zero-order valence-electron chi connectivity index (χ0n) is 18.9. The Hall–Kier alpha value is -3.07. The van der Waals surface area contributed by atoms with E-state index in [1.54, 1.807) is 13.2 Å². The number of aromatic nitrogens is 3. The number of hydrogen-bond donors (Lipinski definition) is 1. The number of aryl methyl sites for hydroxylation is 1. The number of methoxy groups -OCH3 is 1. The van der Waals surface area contributed by atoms with Gasteiger partial charge in [0.2, 0.25) is 5.88 Å². The van der Waals surface area contributed by atoms with Crippen molar-refractivity contribution >= 4 is 22.4 Å². The van der Waals surface area contributed by atoms with E-state index in [2.05, 4.69) is 20.4 Å². The number of fused-ring (bicyclic) bond motifs is 1. The molecule has 1 spiro atoms. The summed E-state index contributed by atoms with van der Waals surface area (Å²) in [7, 11) is 1.62. The average Bonchev–Trinajstić information content (AvgIpc) is 3.26. The molecule has 9 heteroatoms. The summed E-state index contributed by atoms with van der Waals surface area (Å²) in [6.07, 6.45) is -1.44. The number of alkyl halides is 2. The van der Waals surface area contributed by atoms with Gasteiger partial charge in [-0.15, -0.1) is 5.10 Å². The molecule has 2 fully saturated rings. The van der Waals surface area contributed by atoms with Crippen LogP contribution in [0.2, 0.25) is 0 Å². The van der Waals surface area contributed by atoms with E-state index in [1.165, 1.54) is 12.1 Å². The van der Waals surface area contributed by atoms with E-state index in [0.717, 1.165) is 49.4 Å². The van der Waals surface area contributed by atoms with Crippen molar-refractivity contribution in [3.63, 3.8) is 0 Å². The molecular formula is C24H27F2N5O2. The van der Waals surface area contributed by atoms with Crippen LogP contribution >= 0.6 is 0 Å². The smallest absolute Gasteiger partial charge is 0.263 e. The molecule has 1 N–H and O–H groups in total. The number of ether oxygens (including phenoxy) is 2. The third kappa shape index (κ3) is 3.94. The molecule has 0 radical (unpaired) electrons. The quantitative estimate of drug-likeness (QED) is 0.579. The van der Waals surface area contributed by atoms with Gasteiger partial charge in [-0.2, -0.15) is 5.10 Å². The van der Waals surface area contributed by atoms with E-state index in [9.17, 15) is 8.78 Å². The fourth-order valence-electron chi connectivity index (χ4n) is 4.67. The molecule has 2 aliphatic rings. The van der Waals surface area contributed by atoms with E-state index in [4.69, 9.17) is 14.5 Å². The summed E-state index contributed by atoms with van der Waals surface area (Å²) in [5.74, 6) is 1.11. The van der Waals surface area contributed by atoms with Crippen molar-refractivity contribution in [2.45, 2.75) is 32.7 Å². The lowest BCUT2D eigenvalue weighted by molar-refractivity contribution is -0.0985. The largest absolute Gasteiger partial charge is 0.480 e. The summed E-state index contributed by atoms with van der Waals surface area (Å²) >= 11 is 0. The minimum Gasteiger partial charge on any atom is -0.480 e. The van der Waals surface area contributed by atoms with Crippen LogP contribution in [-0.2, 0) is 4.74 Å². The van der Waals surface area contributed by atoms with Crippen LogP contribution in [0.4, 0.5) is 20.3 Å². The highest BCUT2D eigenvalue weighted by Crippen LogP contribution is 2.43. The fourth-order valence-corrected chi connectivity index (χ4v) is 4.67. The third-order valence-corrected chi connectivity index (χ3v) is 6.67. The summed E-state index contributed by atoms with van der Waals surface area (Å²) in [5.41, 5.74) is 3.27.